The topological polar surface area (TPSA) is 21.3 Å². The molecule has 2 aromatic rings. The highest BCUT2D eigenvalue weighted by Gasteiger charge is 2.34. The number of rotatable bonds is 4. The molecular weight excluding hydrogens is 279 g/mol. The van der Waals surface area contributed by atoms with Crippen LogP contribution in [0.5, 0.6) is 5.75 Å². The van der Waals surface area contributed by atoms with Gasteiger partial charge in [-0.3, -0.25) is 0 Å². The molecule has 2 nitrogen and oxygen atoms in total. The number of hydrogen-bond donors (Lipinski definition) is 1. The minimum atomic E-state index is -4.36. The van der Waals surface area contributed by atoms with E-state index in [0.717, 1.165) is 6.07 Å². The van der Waals surface area contributed by atoms with E-state index in [1.165, 1.54) is 12.1 Å². The number of nitrogens with one attached hydrogen (secondary N) is 1. The minimum Gasteiger partial charge on any atom is -0.497 e. The first-order valence-electron chi connectivity index (χ1n) is 6.48. The Labute approximate surface area is 121 Å². The van der Waals surface area contributed by atoms with Crippen LogP contribution in [0.25, 0.3) is 0 Å². The number of methoxy groups -OCH3 is 1. The van der Waals surface area contributed by atoms with Gasteiger partial charge in [-0.1, -0.05) is 24.3 Å². The molecule has 0 heterocycles. The summed E-state index contributed by atoms with van der Waals surface area (Å²) in [6.07, 6.45) is -4.36. The van der Waals surface area contributed by atoms with E-state index in [1.807, 2.05) is 0 Å². The molecule has 0 radical (unpaired) electrons. The van der Waals surface area contributed by atoms with E-state index in [-0.39, 0.29) is 5.56 Å². The van der Waals surface area contributed by atoms with Crippen molar-refractivity contribution < 1.29 is 17.9 Å². The zero-order valence-corrected chi connectivity index (χ0v) is 11.7. The zero-order valence-electron chi connectivity index (χ0n) is 11.7. The van der Waals surface area contributed by atoms with Crippen LogP contribution in [-0.4, -0.2) is 7.11 Å². The molecule has 5 heteroatoms. The Bertz CT molecular complexity index is 610. The van der Waals surface area contributed by atoms with Crippen molar-refractivity contribution in [2.45, 2.75) is 19.1 Å². The highest BCUT2D eigenvalue weighted by atomic mass is 19.4. The van der Waals surface area contributed by atoms with E-state index in [2.05, 4.69) is 5.32 Å². The molecule has 0 aromatic heterocycles. The van der Waals surface area contributed by atoms with E-state index in [4.69, 9.17) is 4.74 Å². The Morgan fingerprint density at radius 3 is 2.43 bits per heavy atom. The van der Waals surface area contributed by atoms with Gasteiger partial charge in [0.25, 0.3) is 0 Å². The van der Waals surface area contributed by atoms with Gasteiger partial charge in [0, 0.05) is 17.8 Å². The van der Waals surface area contributed by atoms with Crippen LogP contribution in [0.2, 0.25) is 0 Å². The molecular formula is C16H16F3NO. The molecule has 112 valence electrons. The van der Waals surface area contributed by atoms with Gasteiger partial charge in [-0.25, -0.2) is 0 Å². The molecule has 0 saturated carbocycles. The smallest absolute Gasteiger partial charge is 0.416 e. The lowest BCUT2D eigenvalue weighted by molar-refractivity contribution is -0.138. The molecule has 1 N–H and O–H groups in total. The van der Waals surface area contributed by atoms with Gasteiger partial charge in [0.15, 0.2) is 0 Å². The summed E-state index contributed by atoms with van der Waals surface area (Å²) < 4.78 is 44.2. The van der Waals surface area contributed by atoms with Crippen molar-refractivity contribution >= 4 is 5.69 Å². The largest absolute Gasteiger partial charge is 0.497 e. The summed E-state index contributed by atoms with van der Waals surface area (Å²) in [5.74, 6) is 0.649. The van der Waals surface area contributed by atoms with Crippen LogP contribution in [0, 0.1) is 0 Å². The van der Waals surface area contributed by atoms with Crippen LogP contribution in [0.4, 0.5) is 18.9 Å². The van der Waals surface area contributed by atoms with E-state index in [9.17, 15) is 13.2 Å². The van der Waals surface area contributed by atoms with Gasteiger partial charge in [-0.05, 0) is 30.7 Å². The maximum Gasteiger partial charge on any atom is 0.416 e. The minimum absolute atomic E-state index is 0.216. The van der Waals surface area contributed by atoms with Crippen LogP contribution in [0.3, 0.4) is 0 Å². The second kappa shape index (κ2) is 6.08. The summed E-state index contributed by atoms with van der Waals surface area (Å²) in [6, 6.07) is 12.2. The standard InChI is InChI=1S/C16H16F3NO/c1-11(20-12-6-5-7-13(10-12)21-2)14-8-3-4-9-15(14)16(17,18)19/h3-11,20H,1-2H3. The molecule has 0 saturated heterocycles. The molecule has 0 spiro atoms. The van der Waals surface area contributed by atoms with Crippen molar-refractivity contribution in [3.05, 3.63) is 59.7 Å². The normalized spacial score (nSPS) is 12.8. The number of hydrogen-bond acceptors (Lipinski definition) is 2. The molecule has 0 aliphatic heterocycles. The third-order valence-corrected chi connectivity index (χ3v) is 3.19. The molecule has 0 amide bonds. The highest BCUT2D eigenvalue weighted by molar-refractivity contribution is 5.50. The Morgan fingerprint density at radius 1 is 1.05 bits per heavy atom. The van der Waals surface area contributed by atoms with Gasteiger partial charge in [0.2, 0.25) is 0 Å². The fraction of sp³-hybridized carbons (Fsp3) is 0.250. The van der Waals surface area contributed by atoms with Gasteiger partial charge in [0.05, 0.1) is 12.7 Å². The van der Waals surface area contributed by atoms with Crippen LogP contribution >= 0.6 is 0 Å². The lowest BCUT2D eigenvalue weighted by Gasteiger charge is -2.20. The second-order valence-electron chi connectivity index (χ2n) is 4.68. The van der Waals surface area contributed by atoms with Gasteiger partial charge >= 0.3 is 6.18 Å². The molecule has 0 bridgehead atoms. The first kappa shape index (κ1) is 15.2. The van der Waals surface area contributed by atoms with Crippen LogP contribution in [-0.2, 0) is 6.18 Å². The maximum atomic E-state index is 13.0. The highest BCUT2D eigenvalue weighted by Crippen LogP contribution is 2.35. The van der Waals surface area contributed by atoms with E-state index < -0.39 is 17.8 Å². The molecule has 0 aliphatic carbocycles. The summed E-state index contributed by atoms with van der Waals surface area (Å²) >= 11 is 0. The molecule has 0 fully saturated rings. The molecule has 0 aliphatic rings. The SMILES string of the molecule is COc1cccc(NC(C)c2ccccc2C(F)(F)F)c1. The van der Waals surface area contributed by atoms with Gasteiger partial charge in [0.1, 0.15) is 5.75 Å². The van der Waals surface area contributed by atoms with Crippen molar-refractivity contribution in [1.82, 2.24) is 0 Å². The van der Waals surface area contributed by atoms with Crippen LogP contribution in [0.1, 0.15) is 24.1 Å². The summed E-state index contributed by atoms with van der Waals surface area (Å²) in [6.45, 7) is 1.70. The Hall–Kier alpha value is -2.17. The Kier molecular flexibility index (Phi) is 4.40. The summed E-state index contributed by atoms with van der Waals surface area (Å²) in [7, 11) is 1.54. The quantitative estimate of drug-likeness (QED) is 0.867. The van der Waals surface area contributed by atoms with Crippen molar-refractivity contribution in [2.75, 3.05) is 12.4 Å². The first-order valence-corrected chi connectivity index (χ1v) is 6.48. The predicted octanol–water partition coefficient (Wildman–Crippen LogP) is 4.89. The number of alkyl halides is 3. The van der Waals surface area contributed by atoms with Crippen LogP contribution in [0.15, 0.2) is 48.5 Å². The van der Waals surface area contributed by atoms with Crippen molar-refractivity contribution in [3.63, 3.8) is 0 Å². The molecule has 21 heavy (non-hydrogen) atoms. The van der Waals surface area contributed by atoms with Crippen molar-refractivity contribution in [2.24, 2.45) is 0 Å². The van der Waals surface area contributed by atoms with E-state index in [1.54, 1.807) is 44.4 Å². The van der Waals surface area contributed by atoms with Gasteiger partial charge < -0.3 is 10.1 Å². The number of benzene rings is 2. The average Bonchev–Trinajstić information content (AvgIpc) is 2.46. The first-order chi connectivity index (χ1) is 9.91. The molecule has 1 atom stereocenters. The van der Waals surface area contributed by atoms with Crippen LogP contribution < -0.4 is 10.1 Å². The van der Waals surface area contributed by atoms with Crippen molar-refractivity contribution in [3.8, 4) is 5.75 Å². The fourth-order valence-electron chi connectivity index (χ4n) is 2.17. The van der Waals surface area contributed by atoms with Gasteiger partial charge in [-0.2, -0.15) is 13.2 Å². The van der Waals surface area contributed by atoms with E-state index in [0.29, 0.717) is 11.4 Å². The fourth-order valence-corrected chi connectivity index (χ4v) is 2.17. The summed E-state index contributed by atoms with van der Waals surface area (Å²) in [5.41, 5.74) is 0.305. The predicted molar refractivity (Wildman–Crippen MR) is 76.5 cm³/mol. The molecule has 2 rings (SSSR count). The average molecular weight is 295 g/mol. The Morgan fingerprint density at radius 2 is 1.76 bits per heavy atom. The number of ether oxygens (including phenoxy) is 1. The third kappa shape index (κ3) is 3.68. The molecule has 1 unspecified atom stereocenters. The lowest BCUT2D eigenvalue weighted by Crippen LogP contribution is -2.15. The van der Waals surface area contributed by atoms with E-state index >= 15 is 0 Å². The van der Waals surface area contributed by atoms with Gasteiger partial charge in [-0.15, -0.1) is 0 Å². The maximum absolute atomic E-state index is 13.0. The number of halogens is 3. The lowest BCUT2D eigenvalue weighted by atomic mass is 10.0. The number of anilines is 1. The Balaban J connectivity index is 2.26. The van der Waals surface area contributed by atoms with Crippen molar-refractivity contribution in [1.29, 1.82) is 0 Å². The molecule has 2 aromatic carbocycles. The summed E-state index contributed by atoms with van der Waals surface area (Å²) in [5, 5.41) is 3.07. The summed E-state index contributed by atoms with van der Waals surface area (Å²) in [4.78, 5) is 0. The monoisotopic (exact) mass is 295 g/mol. The third-order valence-electron chi connectivity index (χ3n) is 3.19. The second-order valence-corrected chi connectivity index (χ2v) is 4.68. The zero-order chi connectivity index (χ0) is 15.5.